The van der Waals surface area contributed by atoms with Gasteiger partial charge in [0, 0.05) is 19.0 Å². The summed E-state index contributed by atoms with van der Waals surface area (Å²) in [6.07, 6.45) is 0.156. The molecular formula is C16H15F2N5OS. The quantitative estimate of drug-likeness (QED) is 0.717. The molecule has 1 saturated heterocycles. The highest BCUT2D eigenvalue weighted by atomic mass is 32.1. The summed E-state index contributed by atoms with van der Waals surface area (Å²) in [4.78, 5) is 23.3. The number of fused-ring (bicyclic) bond motifs is 1. The highest BCUT2D eigenvalue weighted by molar-refractivity contribution is 7.12. The summed E-state index contributed by atoms with van der Waals surface area (Å²) in [5, 5.41) is 5.67. The average Bonchev–Trinajstić information content (AvgIpc) is 3.31. The average molecular weight is 363 g/mol. The zero-order valence-corrected chi connectivity index (χ0v) is 14.0. The molecule has 1 aliphatic heterocycles. The first-order valence-corrected chi connectivity index (χ1v) is 8.83. The third kappa shape index (κ3) is 2.99. The van der Waals surface area contributed by atoms with Gasteiger partial charge in [0.25, 0.3) is 18.1 Å². The number of thiophene rings is 1. The fourth-order valence-corrected chi connectivity index (χ4v) is 3.87. The minimum absolute atomic E-state index is 0.0164. The first-order chi connectivity index (χ1) is 12.1. The lowest BCUT2D eigenvalue weighted by Crippen LogP contribution is -2.39. The van der Waals surface area contributed by atoms with Crippen LogP contribution in [0.3, 0.4) is 0 Å². The number of halogens is 2. The lowest BCUT2D eigenvalue weighted by molar-refractivity contribution is 0.0710. The van der Waals surface area contributed by atoms with Gasteiger partial charge in [-0.15, -0.1) is 11.3 Å². The summed E-state index contributed by atoms with van der Waals surface area (Å²) in [5.41, 5.74) is 0.318. The summed E-state index contributed by atoms with van der Waals surface area (Å²) in [6.45, 7) is 1.14. The van der Waals surface area contributed by atoms with Gasteiger partial charge in [-0.2, -0.15) is 14.6 Å². The van der Waals surface area contributed by atoms with Crippen molar-refractivity contribution in [1.82, 2.24) is 24.5 Å². The number of carbonyl (C=O) groups excluding carboxylic acids is 1. The molecule has 0 unspecified atom stereocenters. The minimum atomic E-state index is -2.67. The number of likely N-dealkylation sites (tertiary alicyclic amines) is 1. The van der Waals surface area contributed by atoms with E-state index in [1.54, 1.807) is 11.0 Å². The van der Waals surface area contributed by atoms with E-state index < -0.39 is 6.43 Å². The number of hydrogen-bond acceptors (Lipinski definition) is 5. The van der Waals surface area contributed by atoms with Crippen LogP contribution in [0, 0.1) is 0 Å². The van der Waals surface area contributed by atoms with Crippen LogP contribution in [0.15, 0.2) is 29.9 Å². The molecule has 3 aromatic rings. The Morgan fingerprint density at radius 3 is 3.04 bits per heavy atom. The lowest BCUT2D eigenvalue weighted by Gasteiger charge is -2.32. The molecule has 4 rings (SSSR count). The third-order valence-electron chi connectivity index (χ3n) is 4.38. The first-order valence-electron chi connectivity index (χ1n) is 7.95. The molecule has 4 heterocycles. The number of piperidine rings is 1. The summed E-state index contributed by atoms with van der Waals surface area (Å²) >= 11 is 1.40. The van der Waals surface area contributed by atoms with Crippen molar-refractivity contribution in [3.05, 3.63) is 46.2 Å². The monoisotopic (exact) mass is 363 g/mol. The van der Waals surface area contributed by atoms with Crippen LogP contribution in [-0.4, -0.2) is 43.5 Å². The predicted molar refractivity (Wildman–Crippen MR) is 87.9 cm³/mol. The van der Waals surface area contributed by atoms with Crippen molar-refractivity contribution < 1.29 is 13.6 Å². The van der Waals surface area contributed by atoms with Crippen LogP contribution in [0.1, 0.15) is 46.2 Å². The maximum atomic E-state index is 13.3. The van der Waals surface area contributed by atoms with Gasteiger partial charge in [0.15, 0.2) is 0 Å². The van der Waals surface area contributed by atoms with Crippen LogP contribution in [0.2, 0.25) is 0 Å². The standard InChI is InChI=1S/C16H15F2N5OS/c17-14(18)12-7-11(21-16-19-9-20-23(12)16)10-3-1-5-22(8-10)15(24)13-4-2-6-25-13/h2,4,6-7,9-10,14H,1,3,5,8H2/t10-/m0/s1. The van der Waals surface area contributed by atoms with Crippen molar-refractivity contribution in [3.8, 4) is 0 Å². The predicted octanol–water partition coefficient (Wildman–Crippen LogP) is 3.14. The van der Waals surface area contributed by atoms with Gasteiger partial charge in [0.2, 0.25) is 0 Å². The van der Waals surface area contributed by atoms with Gasteiger partial charge in [-0.3, -0.25) is 4.79 Å². The van der Waals surface area contributed by atoms with Gasteiger partial charge in [-0.05, 0) is 30.4 Å². The molecule has 1 aliphatic rings. The number of rotatable bonds is 3. The van der Waals surface area contributed by atoms with E-state index in [4.69, 9.17) is 0 Å². The molecule has 0 radical (unpaired) electrons. The van der Waals surface area contributed by atoms with E-state index >= 15 is 0 Å². The highest BCUT2D eigenvalue weighted by Crippen LogP contribution is 2.30. The lowest BCUT2D eigenvalue weighted by atomic mass is 9.94. The Labute approximate surface area is 146 Å². The molecule has 0 aromatic carbocycles. The van der Waals surface area contributed by atoms with Crippen LogP contribution >= 0.6 is 11.3 Å². The van der Waals surface area contributed by atoms with Crippen LogP contribution in [0.25, 0.3) is 5.78 Å². The van der Waals surface area contributed by atoms with Gasteiger partial charge in [-0.1, -0.05) is 6.07 Å². The van der Waals surface area contributed by atoms with E-state index in [9.17, 15) is 13.6 Å². The molecule has 0 aliphatic carbocycles. The fraction of sp³-hybridized carbons (Fsp3) is 0.375. The number of hydrogen-bond donors (Lipinski definition) is 0. The molecule has 0 saturated carbocycles. The first kappa shape index (κ1) is 16.1. The number of amides is 1. The molecule has 130 valence electrons. The highest BCUT2D eigenvalue weighted by Gasteiger charge is 2.28. The van der Waals surface area contributed by atoms with Gasteiger partial charge >= 0.3 is 0 Å². The Morgan fingerprint density at radius 2 is 2.28 bits per heavy atom. The number of nitrogens with zero attached hydrogens (tertiary/aromatic N) is 5. The van der Waals surface area contributed by atoms with Crippen LogP contribution in [0.5, 0.6) is 0 Å². The molecule has 0 bridgehead atoms. The van der Waals surface area contributed by atoms with E-state index in [-0.39, 0.29) is 23.3 Å². The summed E-state index contributed by atoms with van der Waals surface area (Å²) in [5.74, 6) is 0.0590. The Morgan fingerprint density at radius 1 is 1.40 bits per heavy atom. The minimum Gasteiger partial charge on any atom is -0.337 e. The molecule has 9 heteroatoms. The maximum absolute atomic E-state index is 13.3. The summed E-state index contributed by atoms with van der Waals surface area (Å²) < 4.78 is 27.7. The Bertz CT molecular complexity index is 895. The van der Waals surface area contributed by atoms with Crippen molar-refractivity contribution in [2.24, 2.45) is 0 Å². The Kier molecular flexibility index (Phi) is 4.16. The van der Waals surface area contributed by atoms with E-state index in [1.807, 2.05) is 11.4 Å². The summed E-state index contributed by atoms with van der Waals surface area (Å²) in [6, 6.07) is 5.02. The maximum Gasteiger partial charge on any atom is 0.280 e. The van der Waals surface area contributed by atoms with E-state index in [0.29, 0.717) is 23.7 Å². The third-order valence-corrected chi connectivity index (χ3v) is 5.24. The molecule has 1 amide bonds. The van der Waals surface area contributed by atoms with Gasteiger partial charge in [0.05, 0.1) is 10.6 Å². The van der Waals surface area contributed by atoms with Crippen molar-refractivity contribution >= 4 is 23.0 Å². The van der Waals surface area contributed by atoms with Crippen molar-refractivity contribution in [1.29, 1.82) is 0 Å². The van der Waals surface area contributed by atoms with Crippen molar-refractivity contribution in [3.63, 3.8) is 0 Å². The molecule has 3 aromatic heterocycles. The van der Waals surface area contributed by atoms with Crippen molar-refractivity contribution in [2.45, 2.75) is 25.2 Å². The SMILES string of the molecule is O=C(c1cccs1)N1CCC[C@H](c2cc(C(F)F)n3ncnc3n2)C1. The molecule has 0 spiro atoms. The summed E-state index contributed by atoms with van der Waals surface area (Å²) in [7, 11) is 0. The van der Waals surface area contributed by atoms with Gasteiger partial charge in [0.1, 0.15) is 12.0 Å². The van der Waals surface area contributed by atoms with Gasteiger partial charge < -0.3 is 4.90 Å². The molecule has 1 atom stereocenters. The van der Waals surface area contributed by atoms with Crippen LogP contribution in [-0.2, 0) is 0 Å². The van der Waals surface area contributed by atoms with E-state index in [0.717, 1.165) is 17.4 Å². The molecule has 1 fully saturated rings. The Balaban J connectivity index is 1.63. The molecule has 0 N–H and O–H groups in total. The van der Waals surface area contributed by atoms with Crippen LogP contribution < -0.4 is 0 Å². The second kappa shape index (κ2) is 6.47. The topological polar surface area (TPSA) is 63.4 Å². The fourth-order valence-electron chi connectivity index (χ4n) is 3.18. The normalized spacial score (nSPS) is 18.2. The second-order valence-corrected chi connectivity index (χ2v) is 6.89. The smallest absolute Gasteiger partial charge is 0.280 e. The molecular weight excluding hydrogens is 348 g/mol. The van der Waals surface area contributed by atoms with Crippen LogP contribution in [0.4, 0.5) is 8.78 Å². The van der Waals surface area contributed by atoms with Crippen molar-refractivity contribution in [2.75, 3.05) is 13.1 Å². The molecule has 6 nitrogen and oxygen atoms in total. The number of carbonyl (C=O) groups is 1. The molecule has 25 heavy (non-hydrogen) atoms. The van der Waals surface area contributed by atoms with E-state index in [2.05, 4.69) is 15.1 Å². The number of alkyl halides is 2. The second-order valence-electron chi connectivity index (χ2n) is 5.95. The number of aromatic nitrogens is 4. The zero-order chi connectivity index (χ0) is 17.4. The largest absolute Gasteiger partial charge is 0.337 e. The van der Waals surface area contributed by atoms with E-state index in [1.165, 1.54) is 23.7 Å². The van der Waals surface area contributed by atoms with Gasteiger partial charge in [-0.25, -0.2) is 13.8 Å². The Hall–Kier alpha value is -2.42. The zero-order valence-electron chi connectivity index (χ0n) is 13.2.